The molecule has 144 valence electrons. The van der Waals surface area contributed by atoms with Crippen molar-refractivity contribution in [1.82, 2.24) is 0 Å². The summed E-state index contributed by atoms with van der Waals surface area (Å²) >= 11 is 0. The number of benzene rings is 1. The number of allylic oxidation sites excluding steroid dienone is 1. The van der Waals surface area contributed by atoms with Crippen molar-refractivity contribution in [3.8, 4) is 0 Å². The number of ether oxygens (including phenoxy) is 2. The number of aldehydes is 1. The SMILES string of the molecule is C=CC(=O)C(CC1CCOCC1)c1ccc(C=O)cc1.COC(C)(C)C. The van der Waals surface area contributed by atoms with E-state index in [2.05, 4.69) is 6.58 Å². The predicted octanol–water partition coefficient (Wildman–Crippen LogP) is 4.59. The third kappa shape index (κ3) is 8.07. The van der Waals surface area contributed by atoms with Gasteiger partial charge in [0, 0.05) is 31.8 Å². The minimum absolute atomic E-state index is 0.0417. The average molecular weight is 360 g/mol. The van der Waals surface area contributed by atoms with Crippen molar-refractivity contribution >= 4 is 12.1 Å². The van der Waals surface area contributed by atoms with Gasteiger partial charge >= 0.3 is 0 Å². The first-order chi connectivity index (χ1) is 12.3. The van der Waals surface area contributed by atoms with E-state index in [0.717, 1.165) is 44.3 Å². The normalized spacial score (nSPS) is 16.2. The summed E-state index contributed by atoms with van der Waals surface area (Å²) in [5.74, 6) is 0.412. The van der Waals surface area contributed by atoms with E-state index in [1.54, 1.807) is 19.2 Å². The Balaban J connectivity index is 0.000000487. The maximum absolute atomic E-state index is 12.1. The van der Waals surface area contributed by atoms with Gasteiger partial charge in [-0.05, 0) is 57.6 Å². The molecule has 4 heteroatoms. The van der Waals surface area contributed by atoms with Crippen molar-refractivity contribution in [1.29, 1.82) is 0 Å². The fraction of sp³-hybridized carbons (Fsp3) is 0.545. The molecule has 4 nitrogen and oxygen atoms in total. The largest absolute Gasteiger partial charge is 0.381 e. The summed E-state index contributed by atoms with van der Waals surface area (Å²) in [6, 6.07) is 7.26. The molecular formula is C22H32O4. The summed E-state index contributed by atoms with van der Waals surface area (Å²) in [5.41, 5.74) is 1.64. The van der Waals surface area contributed by atoms with E-state index in [4.69, 9.17) is 9.47 Å². The molecule has 1 heterocycles. The molecule has 1 saturated heterocycles. The van der Waals surface area contributed by atoms with Crippen molar-refractivity contribution < 1.29 is 19.1 Å². The van der Waals surface area contributed by atoms with Crippen LogP contribution in [0.5, 0.6) is 0 Å². The van der Waals surface area contributed by atoms with Crippen LogP contribution in [0.25, 0.3) is 0 Å². The van der Waals surface area contributed by atoms with E-state index in [-0.39, 0.29) is 17.3 Å². The highest BCUT2D eigenvalue weighted by atomic mass is 16.5. The lowest BCUT2D eigenvalue weighted by Crippen LogP contribution is -2.21. The minimum atomic E-state index is -0.156. The number of rotatable bonds is 6. The molecule has 0 saturated carbocycles. The fourth-order valence-electron chi connectivity index (χ4n) is 2.68. The zero-order valence-electron chi connectivity index (χ0n) is 16.5. The number of carbonyl (C=O) groups is 2. The molecule has 0 amide bonds. The van der Waals surface area contributed by atoms with Gasteiger partial charge in [0.05, 0.1) is 5.60 Å². The third-order valence-corrected chi connectivity index (χ3v) is 4.54. The van der Waals surface area contributed by atoms with Crippen LogP contribution in [0.15, 0.2) is 36.9 Å². The van der Waals surface area contributed by atoms with Crippen molar-refractivity contribution in [2.24, 2.45) is 5.92 Å². The standard InChI is InChI=1S/C17H20O3.C5H12O/c1-2-17(19)16(11-13-7-9-20-10-8-13)15-5-3-14(12-18)4-6-15;1-5(2,3)6-4/h2-6,12-13,16H,1,7-11H2;1-4H3. The summed E-state index contributed by atoms with van der Waals surface area (Å²) in [6.45, 7) is 11.2. The molecule has 1 aromatic rings. The molecule has 1 aliphatic rings. The van der Waals surface area contributed by atoms with Gasteiger partial charge in [-0.1, -0.05) is 30.8 Å². The Hall–Kier alpha value is -1.78. The van der Waals surface area contributed by atoms with Crippen LogP contribution in [0.1, 0.15) is 61.9 Å². The van der Waals surface area contributed by atoms with Crippen molar-refractivity contribution in [3.63, 3.8) is 0 Å². The molecule has 1 aromatic carbocycles. The molecule has 1 fully saturated rings. The molecular weight excluding hydrogens is 328 g/mol. The third-order valence-electron chi connectivity index (χ3n) is 4.54. The van der Waals surface area contributed by atoms with Crippen molar-refractivity contribution in [2.75, 3.05) is 20.3 Å². The highest BCUT2D eigenvalue weighted by Gasteiger charge is 2.24. The van der Waals surface area contributed by atoms with Crippen LogP contribution >= 0.6 is 0 Å². The lowest BCUT2D eigenvalue weighted by Gasteiger charge is -2.25. The summed E-state index contributed by atoms with van der Waals surface area (Å²) in [5, 5.41) is 0. The maximum Gasteiger partial charge on any atom is 0.162 e. The van der Waals surface area contributed by atoms with Gasteiger partial charge < -0.3 is 9.47 Å². The molecule has 0 bridgehead atoms. The van der Waals surface area contributed by atoms with Gasteiger partial charge in [0.15, 0.2) is 5.78 Å². The number of hydrogen-bond acceptors (Lipinski definition) is 4. The van der Waals surface area contributed by atoms with E-state index < -0.39 is 0 Å². The first kappa shape index (κ1) is 22.3. The molecule has 0 aliphatic carbocycles. The molecule has 26 heavy (non-hydrogen) atoms. The molecule has 0 N–H and O–H groups in total. The minimum Gasteiger partial charge on any atom is -0.381 e. The summed E-state index contributed by atoms with van der Waals surface area (Å²) in [7, 11) is 1.71. The first-order valence-electron chi connectivity index (χ1n) is 9.15. The van der Waals surface area contributed by atoms with Crippen LogP contribution < -0.4 is 0 Å². The maximum atomic E-state index is 12.1. The van der Waals surface area contributed by atoms with E-state index in [1.165, 1.54) is 6.08 Å². The number of carbonyl (C=O) groups excluding carboxylic acids is 2. The molecule has 1 unspecified atom stereocenters. The van der Waals surface area contributed by atoms with Gasteiger partial charge in [-0.25, -0.2) is 0 Å². The van der Waals surface area contributed by atoms with Gasteiger partial charge in [-0.2, -0.15) is 0 Å². The van der Waals surface area contributed by atoms with Gasteiger partial charge in [0.25, 0.3) is 0 Å². The molecule has 1 aliphatic heterocycles. The topological polar surface area (TPSA) is 52.6 Å². The Morgan fingerprint density at radius 2 is 1.81 bits per heavy atom. The van der Waals surface area contributed by atoms with Crippen LogP contribution in [-0.2, 0) is 14.3 Å². The second-order valence-electron chi connectivity index (χ2n) is 7.55. The lowest BCUT2D eigenvalue weighted by molar-refractivity contribution is -0.116. The Labute approximate surface area is 157 Å². The number of methoxy groups -OCH3 is 1. The van der Waals surface area contributed by atoms with Crippen LogP contribution in [-0.4, -0.2) is 38.0 Å². The monoisotopic (exact) mass is 360 g/mol. The van der Waals surface area contributed by atoms with Crippen molar-refractivity contribution in [3.05, 3.63) is 48.0 Å². The Bertz CT molecular complexity index is 563. The van der Waals surface area contributed by atoms with E-state index in [1.807, 2.05) is 32.9 Å². The van der Waals surface area contributed by atoms with E-state index >= 15 is 0 Å². The second-order valence-corrected chi connectivity index (χ2v) is 7.55. The predicted molar refractivity (Wildman–Crippen MR) is 105 cm³/mol. The van der Waals surface area contributed by atoms with Gasteiger partial charge in [0.2, 0.25) is 0 Å². The smallest absolute Gasteiger partial charge is 0.162 e. The average Bonchev–Trinajstić information content (AvgIpc) is 2.66. The van der Waals surface area contributed by atoms with Crippen LogP contribution in [0.2, 0.25) is 0 Å². The van der Waals surface area contributed by atoms with E-state index in [0.29, 0.717) is 11.5 Å². The number of hydrogen-bond donors (Lipinski definition) is 0. The van der Waals surface area contributed by atoms with Crippen LogP contribution in [0.4, 0.5) is 0 Å². The molecule has 0 spiro atoms. The summed E-state index contributed by atoms with van der Waals surface area (Å²) in [6.07, 6.45) is 5.06. The fourth-order valence-corrected chi connectivity index (χ4v) is 2.68. The molecule has 2 rings (SSSR count). The zero-order valence-corrected chi connectivity index (χ0v) is 16.5. The lowest BCUT2D eigenvalue weighted by atomic mass is 9.82. The molecule has 0 radical (unpaired) electrons. The quantitative estimate of drug-likeness (QED) is 0.550. The van der Waals surface area contributed by atoms with Crippen LogP contribution in [0.3, 0.4) is 0 Å². The van der Waals surface area contributed by atoms with Gasteiger partial charge in [-0.15, -0.1) is 0 Å². The first-order valence-corrected chi connectivity index (χ1v) is 9.15. The Kier molecular flexibility index (Phi) is 9.46. The summed E-state index contributed by atoms with van der Waals surface area (Å²) in [4.78, 5) is 22.8. The van der Waals surface area contributed by atoms with Gasteiger partial charge in [-0.3, -0.25) is 9.59 Å². The molecule has 0 aromatic heterocycles. The second kappa shape index (κ2) is 11.0. The highest BCUT2D eigenvalue weighted by Crippen LogP contribution is 2.30. The Morgan fingerprint density at radius 3 is 2.23 bits per heavy atom. The zero-order chi connectivity index (χ0) is 19.6. The van der Waals surface area contributed by atoms with E-state index in [9.17, 15) is 9.59 Å². The van der Waals surface area contributed by atoms with Gasteiger partial charge in [0.1, 0.15) is 6.29 Å². The Morgan fingerprint density at radius 1 is 1.27 bits per heavy atom. The molecule has 1 atom stereocenters. The summed E-state index contributed by atoms with van der Waals surface area (Å²) < 4.78 is 10.3. The number of ketones is 1. The highest BCUT2D eigenvalue weighted by molar-refractivity contribution is 5.95. The van der Waals surface area contributed by atoms with Crippen LogP contribution in [0, 0.1) is 5.92 Å². The van der Waals surface area contributed by atoms with Crippen molar-refractivity contribution in [2.45, 2.75) is 51.6 Å².